The van der Waals surface area contributed by atoms with E-state index < -0.39 is 5.60 Å². The molecule has 1 aromatic heterocycles. The first-order chi connectivity index (χ1) is 15.2. The minimum atomic E-state index is -0.490. The van der Waals surface area contributed by atoms with Gasteiger partial charge >= 0.3 is 6.09 Å². The number of nitriles is 1. The van der Waals surface area contributed by atoms with Crippen molar-refractivity contribution >= 4 is 6.09 Å². The average Bonchev–Trinajstić information content (AvgIpc) is 2.73. The van der Waals surface area contributed by atoms with Gasteiger partial charge in [-0.3, -0.25) is 9.69 Å². The van der Waals surface area contributed by atoms with E-state index in [-0.39, 0.29) is 17.2 Å². The molecule has 0 bridgehead atoms. The van der Waals surface area contributed by atoms with Gasteiger partial charge in [0.15, 0.2) is 0 Å². The molecule has 1 aliphatic rings. The van der Waals surface area contributed by atoms with Crippen LogP contribution in [0, 0.1) is 18.3 Å². The lowest BCUT2D eigenvalue weighted by molar-refractivity contribution is 0.0137. The maximum atomic E-state index is 12.2. The SMILES string of the molecule is Cc1cc(-c2cccc(OCCN3CCN(C(=O)OC(C)(C)C)CC3)c2)c(C#N)c(=O)[nH]1. The van der Waals surface area contributed by atoms with Gasteiger partial charge in [-0.25, -0.2) is 4.79 Å². The Morgan fingerprint density at radius 3 is 2.56 bits per heavy atom. The maximum absolute atomic E-state index is 12.2. The molecular formula is C24H30N4O4. The topological polar surface area (TPSA) is 98.7 Å². The fourth-order valence-corrected chi connectivity index (χ4v) is 3.55. The Balaban J connectivity index is 1.54. The van der Waals surface area contributed by atoms with Crippen LogP contribution in [0.5, 0.6) is 5.75 Å². The Morgan fingerprint density at radius 2 is 1.91 bits per heavy atom. The van der Waals surface area contributed by atoms with Crippen LogP contribution in [0.4, 0.5) is 4.79 Å². The summed E-state index contributed by atoms with van der Waals surface area (Å²) in [5, 5.41) is 9.38. The first kappa shape index (κ1) is 23.4. The summed E-state index contributed by atoms with van der Waals surface area (Å²) in [4.78, 5) is 30.9. The number of nitrogens with zero attached hydrogens (tertiary/aromatic N) is 3. The summed E-state index contributed by atoms with van der Waals surface area (Å²) in [5.74, 6) is 0.678. The highest BCUT2D eigenvalue weighted by Crippen LogP contribution is 2.26. The van der Waals surface area contributed by atoms with Gasteiger partial charge in [0.1, 0.15) is 29.6 Å². The second-order valence-electron chi connectivity index (χ2n) is 8.87. The van der Waals surface area contributed by atoms with Gasteiger partial charge < -0.3 is 19.4 Å². The number of benzene rings is 1. The molecule has 170 valence electrons. The van der Waals surface area contributed by atoms with Crippen LogP contribution in [0.25, 0.3) is 11.1 Å². The molecule has 0 unspecified atom stereocenters. The fourth-order valence-electron chi connectivity index (χ4n) is 3.55. The van der Waals surface area contributed by atoms with Crippen LogP contribution < -0.4 is 10.3 Å². The van der Waals surface area contributed by atoms with E-state index in [0.29, 0.717) is 36.7 Å². The predicted molar refractivity (Wildman–Crippen MR) is 122 cm³/mol. The molecule has 3 rings (SSSR count). The third-order valence-corrected chi connectivity index (χ3v) is 5.13. The Hall–Kier alpha value is -3.31. The molecular weight excluding hydrogens is 408 g/mol. The molecule has 2 heterocycles. The summed E-state index contributed by atoms with van der Waals surface area (Å²) >= 11 is 0. The van der Waals surface area contributed by atoms with Gasteiger partial charge in [0.2, 0.25) is 0 Å². The smallest absolute Gasteiger partial charge is 0.410 e. The molecule has 1 fully saturated rings. The van der Waals surface area contributed by atoms with Crippen LogP contribution in [-0.4, -0.2) is 65.8 Å². The molecule has 0 saturated carbocycles. The van der Waals surface area contributed by atoms with Gasteiger partial charge in [-0.15, -0.1) is 0 Å². The molecule has 32 heavy (non-hydrogen) atoms. The molecule has 8 nitrogen and oxygen atoms in total. The number of pyridine rings is 1. The quantitative estimate of drug-likeness (QED) is 0.770. The van der Waals surface area contributed by atoms with E-state index in [4.69, 9.17) is 9.47 Å². The number of ether oxygens (including phenoxy) is 2. The number of hydrogen-bond acceptors (Lipinski definition) is 6. The molecule has 8 heteroatoms. The summed E-state index contributed by atoms with van der Waals surface area (Å²) in [7, 11) is 0. The molecule has 1 saturated heterocycles. The summed E-state index contributed by atoms with van der Waals surface area (Å²) in [6, 6.07) is 11.2. The third kappa shape index (κ3) is 6.11. The Labute approximate surface area is 188 Å². The average molecular weight is 439 g/mol. The molecule has 0 spiro atoms. The van der Waals surface area contributed by atoms with E-state index in [1.807, 2.05) is 51.1 Å². The van der Waals surface area contributed by atoms with Crippen molar-refractivity contribution in [3.05, 3.63) is 51.9 Å². The Bertz CT molecular complexity index is 1060. The van der Waals surface area contributed by atoms with Gasteiger partial charge in [-0.2, -0.15) is 5.26 Å². The number of aromatic amines is 1. The number of carbonyl (C=O) groups excluding carboxylic acids is 1. The molecule has 1 aromatic carbocycles. The largest absolute Gasteiger partial charge is 0.492 e. The van der Waals surface area contributed by atoms with E-state index >= 15 is 0 Å². The van der Waals surface area contributed by atoms with E-state index in [1.165, 1.54) is 0 Å². The van der Waals surface area contributed by atoms with Crippen molar-refractivity contribution < 1.29 is 14.3 Å². The molecule has 1 N–H and O–H groups in total. The van der Waals surface area contributed by atoms with Crippen LogP contribution in [0.3, 0.4) is 0 Å². The first-order valence-electron chi connectivity index (χ1n) is 10.7. The number of rotatable bonds is 5. The van der Waals surface area contributed by atoms with Gasteiger partial charge in [-0.1, -0.05) is 12.1 Å². The number of nitrogens with one attached hydrogen (secondary N) is 1. The second kappa shape index (κ2) is 9.88. The van der Waals surface area contributed by atoms with Gasteiger partial charge in [0.25, 0.3) is 5.56 Å². The maximum Gasteiger partial charge on any atom is 0.410 e. The van der Waals surface area contributed by atoms with E-state index in [1.54, 1.807) is 17.9 Å². The summed E-state index contributed by atoms with van der Waals surface area (Å²) in [5.41, 5.74) is 1.27. The Morgan fingerprint density at radius 1 is 1.19 bits per heavy atom. The van der Waals surface area contributed by atoms with Crippen molar-refractivity contribution in [1.29, 1.82) is 5.26 Å². The van der Waals surface area contributed by atoms with Crippen molar-refractivity contribution in [3.8, 4) is 22.9 Å². The standard InChI is InChI=1S/C24H30N4O4/c1-17-14-20(21(16-25)22(29)26-17)18-6-5-7-19(15-18)31-13-12-27-8-10-28(11-9-27)23(30)32-24(2,3)4/h5-7,14-15H,8-13H2,1-4H3,(H,26,29). The number of amides is 1. The molecule has 2 aromatic rings. The zero-order valence-electron chi connectivity index (χ0n) is 19.1. The number of piperazine rings is 1. The molecule has 1 amide bonds. The zero-order valence-corrected chi connectivity index (χ0v) is 19.1. The van der Waals surface area contributed by atoms with E-state index in [0.717, 1.165) is 25.2 Å². The number of H-pyrrole nitrogens is 1. The summed E-state index contributed by atoms with van der Waals surface area (Å²) < 4.78 is 11.4. The number of hydrogen-bond donors (Lipinski definition) is 1. The lowest BCUT2D eigenvalue weighted by atomic mass is 10.0. The third-order valence-electron chi connectivity index (χ3n) is 5.13. The minimum absolute atomic E-state index is 0.0932. The van der Waals surface area contributed by atoms with Crippen LogP contribution >= 0.6 is 0 Å². The molecule has 0 aliphatic carbocycles. The second-order valence-corrected chi connectivity index (χ2v) is 8.87. The van der Waals surface area contributed by atoms with Crippen LogP contribution in [0.15, 0.2) is 35.1 Å². The normalized spacial score (nSPS) is 14.7. The van der Waals surface area contributed by atoms with Crippen molar-refractivity contribution in [2.24, 2.45) is 0 Å². The van der Waals surface area contributed by atoms with E-state index in [2.05, 4.69) is 9.88 Å². The summed E-state index contributed by atoms with van der Waals surface area (Å²) in [6.45, 7) is 11.4. The zero-order chi connectivity index (χ0) is 23.3. The molecule has 1 aliphatic heterocycles. The van der Waals surface area contributed by atoms with Crippen LogP contribution in [0.1, 0.15) is 32.0 Å². The van der Waals surface area contributed by atoms with E-state index in [9.17, 15) is 14.9 Å². The Kier molecular flexibility index (Phi) is 7.21. The van der Waals surface area contributed by atoms with Gasteiger partial charge in [-0.05, 0) is 51.5 Å². The highest BCUT2D eigenvalue weighted by atomic mass is 16.6. The predicted octanol–water partition coefficient (Wildman–Crippen LogP) is 3.15. The molecule has 0 radical (unpaired) electrons. The first-order valence-corrected chi connectivity index (χ1v) is 10.7. The van der Waals surface area contributed by atoms with Crippen molar-refractivity contribution in [1.82, 2.24) is 14.8 Å². The highest BCUT2D eigenvalue weighted by Gasteiger charge is 2.25. The fraction of sp³-hybridized carbons (Fsp3) is 0.458. The van der Waals surface area contributed by atoms with Crippen LogP contribution in [0.2, 0.25) is 0 Å². The van der Waals surface area contributed by atoms with Crippen molar-refractivity contribution in [2.45, 2.75) is 33.3 Å². The van der Waals surface area contributed by atoms with Crippen molar-refractivity contribution in [2.75, 3.05) is 39.3 Å². The van der Waals surface area contributed by atoms with Crippen LogP contribution in [-0.2, 0) is 4.74 Å². The molecule has 0 atom stereocenters. The number of aryl methyl sites for hydroxylation is 1. The highest BCUT2D eigenvalue weighted by molar-refractivity contribution is 5.71. The monoisotopic (exact) mass is 438 g/mol. The number of carbonyl (C=O) groups is 1. The lowest BCUT2D eigenvalue weighted by Crippen LogP contribution is -2.50. The lowest BCUT2D eigenvalue weighted by Gasteiger charge is -2.35. The van der Waals surface area contributed by atoms with Gasteiger partial charge in [0.05, 0.1) is 0 Å². The summed E-state index contributed by atoms with van der Waals surface area (Å²) in [6.07, 6.45) is -0.267. The minimum Gasteiger partial charge on any atom is -0.492 e. The van der Waals surface area contributed by atoms with Crippen molar-refractivity contribution in [3.63, 3.8) is 0 Å². The van der Waals surface area contributed by atoms with Gasteiger partial charge in [0, 0.05) is 44.0 Å². The number of aromatic nitrogens is 1.